The average Bonchev–Trinajstić information content (AvgIpc) is 2.82. The zero-order chi connectivity index (χ0) is 15.6. The molecule has 7 nitrogen and oxygen atoms in total. The van der Waals surface area contributed by atoms with Gasteiger partial charge in [-0.2, -0.15) is 0 Å². The minimum atomic E-state index is -4.22. The monoisotopic (exact) mass is 314 g/mol. The zero-order valence-corrected chi connectivity index (χ0v) is 11.9. The number of aryl methyl sites for hydroxylation is 1. The molecule has 0 aliphatic heterocycles. The fourth-order valence-electron chi connectivity index (χ4n) is 1.60. The normalized spacial score (nSPS) is 11.2. The van der Waals surface area contributed by atoms with E-state index in [9.17, 15) is 17.6 Å². The van der Waals surface area contributed by atoms with Crippen molar-refractivity contribution in [2.24, 2.45) is 0 Å². The Bertz CT molecular complexity index is 785. The molecule has 1 aromatic heterocycles. The molecule has 0 atom stereocenters. The summed E-state index contributed by atoms with van der Waals surface area (Å²) in [5.74, 6) is -1.39. The van der Waals surface area contributed by atoms with Crippen LogP contribution in [-0.2, 0) is 14.8 Å². The molecule has 21 heavy (non-hydrogen) atoms. The first-order valence-electron chi connectivity index (χ1n) is 5.67. The van der Waals surface area contributed by atoms with Crippen LogP contribution in [0.2, 0.25) is 0 Å². The van der Waals surface area contributed by atoms with Crippen molar-refractivity contribution in [1.82, 2.24) is 5.16 Å². The number of ether oxygens (including phenoxy) is 1. The maximum Gasteiger partial charge on any atom is 0.339 e. The molecule has 0 amide bonds. The Morgan fingerprint density at radius 2 is 2.10 bits per heavy atom. The van der Waals surface area contributed by atoms with Crippen molar-refractivity contribution in [3.05, 3.63) is 41.4 Å². The van der Waals surface area contributed by atoms with E-state index in [1.807, 2.05) is 0 Å². The summed E-state index contributed by atoms with van der Waals surface area (Å²) in [5, 5.41) is 3.47. The molecule has 0 bridgehead atoms. The molecule has 0 spiro atoms. The second-order valence-corrected chi connectivity index (χ2v) is 5.71. The van der Waals surface area contributed by atoms with Crippen LogP contribution in [0.15, 0.2) is 33.7 Å². The van der Waals surface area contributed by atoms with E-state index in [1.54, 1.807) is 6.92 Å². The quantitative estimate of drug-likeness (QED) is 0.863. The summed E-state index contributed by atoms with van der Waals surface area (Å²) in [6.07, 6.45) is 0. The van der Waals surface area contributed by atoms with E-state index in [0.29, 0.717) is 5.76 Å². The van der Waals surface area contributed by atoms with Gasteiger partial charge in [-0.3, -0.25) is 4.72 Å². The molecule has 1 N–H and O–H groups in total. The maximum absolute atomic E-state index is 13.3. The lowest BCUT2D eigenvalue weighted by atomic mass is 10.2. The van der Waals surface area contributed by atoms with Crippen LogP contribution in [0.25, 0.3) is 0 Å². The Balaban J connectivity index is 2.48. The van der Waals surface area contributed by atoms with E-state index in [2.05, 4.69) is 14.6 Å². The molecular weight excluding hydrogens is 303 g/mol. The predicted octanol–water partition coefficient (Wildman–Crippen LogP) is 1.71. The standard InChI is InChI=1S/C12H11FN2O5S/c1-7-5-11(14-20-7)15-21(17,18)10-6-8(13)3-4-9(10)12(16)19-2/h3-6H,1-2H3,(H,14,15). The molecule has 0 aliphatic carbocycles. The van der Waals surface area contributed by atoms with Crippen molar-refractivity contribution < 1.29 is 26.9 Å². The number of halogens is 1. The van der Waals surface area contributed by atoms with E-state index in [0.717, 1.165) is 25.3 Å². The van der Waals surface area contributed by atoms with Crippen LogP contribution < -0.4 is 4.72 Å². The number of esters is 1. The molecular formula is C12H11FN2O5S. The van der Waals surface area contributed by atoms with Gasteiger partial charge in [0.1, 0.15) is 16.5 Å². The van der Waals surface area contributed by atoms with Gasteiger partial charge in [0, 0.05) is 6.07 Å². The SMILES string of the molecule is COC(=O)c1ccc(F)cc1S(=O)(=O)Nc1cc(C)on1. The van der Waals surface area contributed by atoms with Gasteiger partial charge in [-0.05, 0) is 25.1 Å². The van der Waals surface area contributed by atoms with Gasteiger partial charge in [0.05, 0.1) is 12.7 Å². The number of hydrogen-bond acceptors (Lipinski definition) is 6. The molecule has 2 rings (SSSR count). The molecule has 0 saturated carbocycles. The van der Waals surface area contributed by atoms with Gasteiger partial charge in [0.25, 0.3) is 10.0 Å². The molecule has 0 fully saturated rings. The van der Waals surface area contributed by atoms with Crippen LogP contribution in [0.4, 0.5) is 10.2 Å². The Morgan fingerprint density at radius 3 is 2.67 bits per heavy atom. The zero-order valence-electron chi connectivity index (χ0n) is 11.1. The van der Waals surface area contributed by atoms with Gasteiger partial charge in [-0.1, -0.05) is 5.16 Å². The molecule has 1 heterocycles. The number of sulfonamides is 1. The van der Waals surface area contributed by atoms with Crippen LogP contribution >= 0.6 is 0 Å². The Labute approximate surface area is 119 Å². The summed E-state index contributed by atoms with van der Waals surface area (Å²) in [6.45, 7) is 1.58. The number of hydrogen-bond donors (Lipinski definition) is 1. The first-order chi connectivity index (χ1) is 9.83. The molecule has 1 aromatic carbocycles. The lowest BCUT2D eigenvalue weighted by Crippen LogP contribution is -2.18. The average molecular weight is 314 g/mol. The Hall–Kier alpha value is -2.42. The maximum atomic E-state index is 13.3. The molecule has 0 unspecified atom stereocenters. The summed E-state index contributed by atoms with van der Waals surface area (Å²) in [6, 6.07) is 4.06. The number of methoxy groups -OCH3 is 1. The third kappa shape index (κ3) is 3.19. The molecule has 0 radical (unpaired) electrons. The van der Waals surface area contributed by atoms with E-state index >= 15 is 0 Å². The predicted molar refractivity (Wildman–Crippen MR) is 69.8 cm³/mol. The van der Waals surface area contributed by atoms with Gasteiger partial charge >= 0.3 is 5.97 Å². The number of nitrogens with zero attached hydrogens (tertiary/aromatic N) is 1. The van der Waals surface area contributed by atoms with Gasteiger partial charge in [0.2, 0.25) is 0 Å². The number of carbonyl (C=O) groups excluding carboxylic acids is 1. The van der Waals surface area contributed by atoms with Crippen molar-refractivity contribution >= 4 is 21.8 Å². The van der Waals surface area contributed by atoms with Crippen LogP contribution in [0.1, 0.15) is 16.1 Å². The number of anilines is 1. The van der Waals surface area contributed by atoms with Gasteiger partial charge in [0.15, 0.2) is 5.82 Å². The second kappa shape index (κ2) is 5.52. The summed E-state index contributed by atoms with van der Waals surface area (Å²) >= 11 is 0. The Morgan fingerprint density at radius 1 is 1.38 bits per heavy atom. The van der Waals surface area contributed by atoms with Gasteiger partial charge < -0.3 is 9.26 Å². The molecule has 2 aromatic rings. The fraction of sp³-hybridized carbons (Fsp3) is 0.167. The lowest BCUT2D eigenvalue weighted by molar-refractivity contribution is 0.0596. The van der Waals surface area contributed by atoms with Crippen LogP contribution in [0, 0.1) is 12.7 Å². The second-order valence-electron chi connectivity index (χ2n) is 4.06. The highest BCUT2D eigenvalue weighted by atomic mass is 32.2. The third-order valence-electron chi connectivity index (χ3n) is 2.51. The number of aromatic nitrogens is 1. The smallest absolute Gasteiger partial charge is 0.339 e. The van der Waals surface area contributed by atoms with Crippen molar-refractivity contribution in [1.29, 1.82) is 0 Å². The van der Waals surface area contributed by atoms with Gasteiger partial charge in [-0.25, -0.2) is 17.6 Å². The van der Waals surface area contributed by atoms with Crippen LogP contribution in [0.5, 0.6) is 0 Å². The largest absolute Gasteiger partial charge is 0.465 e. The van der Waals surface area contributed by atoms with E-state index in [1.165, 1.54) is 6.07 Å². The van der Waals surface area contributed by atoms with E-state index < -0.39 is 26.7 Å². The molecule has 0 saturated heterocycles. The number of nitrogens with one attached hydrogen (secondary N) is 1. The van der Waals surface area contributed by atoms with Crippen LogP contribution in [0.3, 0.4) is 0 Å². The highest BCUT2D eigenvalue weighted by Gasteiger charge is 2.25. The van der Waals surface area contributed by atoms with E-state index in [4.69, 9.17) is 4.52 Å². The van der Waals surface area contributed by atoms with Crippen molar-refractivity contribution in [2.45, 2.75) is 11.8 Å². The van der Waals surface area contributed by atoms with Crippen LogP contribution in [-0.4, -0.2) is 26.7 Å². The highest BCUT2D eigenvalue weighted by molar-refractivity contribution is 7.92. The van der Waals surface area contributed by atoms with Crippen molar-refractivity contribution in [3.8, 4) is 0 Å². The third-order valence-corrected chi connectivity index (χ3v) is 3.90. The Kier molecular flexibility index (Phi) is 3.94. The minimum Gasteiger partial charge on any atom is -0.465 e. The summed E-state index contributed by atoms with van der Waals surface area (Å²) in [5.41, 5.74) is -0.286. The first-order valence-corrected chi connectivity index (χ1v) is 7.16. The molecule has 9 heteroatoms. The summed E-state index contributed by atoms with van der Waals surface area (Å²) < 4.78 is 49.1. The first kappa shape index (κ1) is 15.0. The molecule has 112 valence electrons. The van der Waals surface area contributed by atoms with Gasteiger partial charge in [-0.15, -0.1) is 0 Å². The molecule has 0 aliphatic rings. The topological polar surface area (TPSA) is 98.5 Å². The van der Waals surface area contributed by atoms with Crippen molar-refractivity contribution in [3.63, 3.8) is 0 Å². The fourth-order valence-corrected chi connectivity index (χ4v) is 2.79. The van der Waals surface area contributed by atoms with Crippen molar-refractivity contribution in [2.75, 3.05) is 11.8 Å². The summed E-state index contributed by atoms with van der Waals surface area (Å²) in [7, 11) is -3.13. The number of carbonyl (C=O) groups is 1. The minimum absolute atomic E-state index is 0.0763. The number of benzene rings is 1. The summed E-state index contributed by atoms with van der Waals surface area (Å²) in [4.78, 5) is 11.0. The van der Waals surface area contributed by atoms with E-state index in [-0.39, 0.29) is 11.4 Å². The lowest BCUT2D eigenvalue weighted by Gasteiger charge is -2.09. The highest BCUT2D eigenvalue weighted by Crippen LogP contribution is 2.21. The number of rotatable bonds is 4.